The van der Waals surface area contributed by atoms with E-state index in [1.54, 1.807) is 0 Å². The van der Waals surface area contributed by atoms with E-state index in [1.165, 1.54) is 44.5 Å². The number of rotatable bonds is 8. The maximum atomic E-state index is 9.31. The third kappa shape index (κ3) is 5.15. The van der Waals surface area contributed by atoms with Gasteiger partial charge in [-0.1, -0.05) is 31.2 Å². The summed E-state index contributed by atoms with van der Waals surface area (Å²) in [5.74, 6) is 0. The zero-order valence-electron chi connectivity index (χ0n) is 13.1. The fraction of sp³-hybridized carbons (Fsp3) is 0.611. The molecule has 21 heavy (non-hydrogen) atoms. The molecule has 1 heterocycles. The van der Waals surface area contributed by atoms with Crippen LogP contribution in [0.1, 0.15) is 49.8 Å². The molecule has 0 bridgehead atoms. The summed E-state index contributed by atoms with van der Waals surface area (Å²) < 4.78 is 0. The van der Waals surface area contributed by atoms with Crippen molar-refractivity contribution in [1.29, 1.82) is 5.26 Å². The van der Waals surface area contributed by atoms with Crippen molar-refractivity contribution in [3.63, 3.8) is 0 Å². The number of hydrogen-bond acceptors (Lipinski definition) is 3. The first-order valence-electron chi connectivity index (χ1n) is 8.27. The minimum absolute atomic E-state index is 0.178. The van der Waals surface area contributed by atoms with Gasteiger partial charge in [-0.2, -0.15) is 5.26 Å². The smallest absolute Gasteiger partial charge is 0.121 e. The number of unbranched alkanes of at least 4 members (excludes halogenated alkanes) is 1. The van der Waals surface area contributed by atoms with E-state index in [1.807, 2.05) is 0 Å². The Bertz CT molecular complexity index is 441. The van der Waals surface area contributed by atoms with Crippen LogP contribution >= 0.6 is 0 Å². The first kappa shape index (κ1) is 16.0. The molecule has 1 aliphatic heterocycles. The lowest BCUT2D eigenvalue weighted by atomic mass is 10.0. The van der Waals surface area contributed by atoms with Crippen LogP contribution in [-0.2, 0) is 6.42 Å². The lowest BCUT2D eigenvalue weighted by Gasteiger charge is -2.15. The van der Waals surface area contributed by atoms with Gasteiger partial charge in [0.15, 0.2) is 0 Å². The normalized spacial score (nSPS) is 16.8. The molecule has 0 aliphatic carbocycles. The van der Waals surface area contributed by atoms with E-state index < -0.39 is 0 Å². The Labute approximate surface area is 129 Å². The molecule has 1 aliphatic rings. The summed E-state index contributed by atoms with van der Waals surface area (Å²) in [5, 5.41) is 12.7. The van der Waals surface area contributed by atoms with Crippen LogP contribution in [0.4, 0.5) is 0 Å². The van der Waals surface area contributed by atoms with E-state index in [4.69, 9.17) is 0 Å². The number of hydrogen-bond donors (Lipinski definition) is 1. The van der Waals surface area contributed by atoms with Gasteiger partial charge in [-0.05, 0) is 69.4 Å². The SMILES string of the molecule is CCc1ccc(C(C#N)NCCCCN2CCCC2)cc1. The van der Waals surface area contributed by atoms with Crippen LogP contribution in [0.15, 0.2) is 24.3 Å². The molecule has 0 spiro atoms. The Morgan fingerprint density at radius 1 is 1.19 bits per heavy atom. The summed E-state index contributed by atoms with van der Waals surface area (Å²) in [7, 11) is 0. The largest absolute Gasteiger partial charge is 0.303 e. The molecule has 1 fully saturated rings. The Morgan fingerprint density at radius 3 is 2.52 bits per heavy atom. The van der Waals surface area contributed by atoms with E-state index in [9.17, 15) is 5.26 Å². The molecule has 0 aromatic heterocycles. The quantitative estimate of drug-likeness (QED) is 0.745. The minimum Gasteiger partial charge on any atom is -0.303 e. The van der Waals surface area contributed by atoms with E-state index in [2.05, 4.69) is 47.5 Å². The first-order valence-corrected chi connectivity index (χ1v) is 8.27. The van der Waals surface area contributed by atoms with Crippen LogP contribution in [0.2, 0.25) is 0 Å². The summed E-state index contributed by atoms with van der Waals surface area (Å²) in [6.07, 6.45) is 6.13. The van der Waals surface area contributed by atoms with Gasteiger partial charge in [-0.25, -0.2) is 0 Å². The lowest BCUT2D eigenvalue weighted by Crippen LogP contribution is -2.24. The summed E-state index contributed by atoms with van der Waals surface area (Å²) in [6.45, 7) is 6.83. The van der Waals surface area contributed by atoms with Crippen molar-refractivity contribution in [1.82, 2.24) is 10.2 Å². The van der Waals surface area contributed by atoms with E-state index >= 15 is 0 Å². The molecular weight excluding hydrogens is 258 g/mol. The maximum Gasteiger partial charge on any atom is 0.121 e. The molecule has 3 heteroatoms. The third-order valence-corrected chi connectivity index (χ3v) is 4.30. The van der Waals surface area contributed by atoms with Crippen LogP contribution in [0.3, 0.4) is 0 Å². The Kier molecular flexibility index (Phi) is 6.72. The number of nitrogens with one attached hydrogen (secondary N) is 1. The van der Waals surface area contributed by atoms with Crippen molar-refractivity contribution >= 4 is 0 Å². The summed E-state index contributed by atoms with van der Waals surface area (Å²) in [6, 6.07) is 10.6. The fourth-order valence-corrected chi connectivity index (χ4v) is 2.90. The molecule has 114 valence electrons. The second-order valence-corrected chi connectivity index (χ2v) is 5.87. The van der Waals surface area contributed by atoms with Crippen molar-refractivity contribution in [3.8, 4) is 6.07 Å². The lowest BCUT2D eigenvalue weighted by molar-refractivity contribution is 0.328. The first-order chi connectivity index (χ1) is 10.3. The molecule has 2 rings (SSSR count). The maximum absolute atomic E-state index is 9.31. The van der Waals surface area contributed by atoms with Gasteiger partial charge in [-0.3, -0.25) is 5.32 Å². The second-order valence-electron chi connectivity index (χ2n) is 5.87. The zero-order chi connectivity index (χ0) is 14.9. The van der Waals surface area contributed by atoms with Gasteiger partial charge in [0, 0.05) is 0 Å². The van der Waals surface area contributed by atoms with Crippen LogP contribution in [0.5, 0.6) is 0 Å². The average Bonchev–Trinajstić information content (AvgIpc) is 3.04. The van der Waals surface area contributed by atoms with Gasteiger partial charge < -0.3 is 4.90 Å². The number of likely N-dealkylation sites (tertiary alicyclic amines) is 1. The van der Waals surface area contributed by atoms with Crippen molar-refractivity contribution in [2.24, 2.45) is 0 Å². The standard InChI is InChI=1S/C18H27N3/c1-2-16-7-9-17(10-8-16)18(15-19)20-11-3-4-12-21-13-5-6-14-21/h7-10,18,20H,2-6,11-14H2,1H3. The van der Waals surface area contributed by atoms with Crippen molar-refractivity contribution in [2.45, 2.75) is 45.1 Å². The Hall–Kier alpha value is -1.37. The van der Waals surface area contributed by atoms with Crippen LogP contribution in [0, 0.1) is 11.3 Å². The van der Waals surface area contributed by atoms with Crippen molar-refractivity contribution in [2.75, 3.05) is 26.2 Å². The molecule has 0 saturated carbocycles. The molecule has 0 radical (unpaired) electrons. The minimum atomic E-state index is -0.178. The van der Waals surface area contributed by atoms with E-state index in [-0.39, 0.29) is 6.04 Å². The monoisotopic (exact) mass is 285 g/mol. The summed E-state index contributed by atoms with van der Waals surface area (Å²) >= 11 is 0. The van der Waals surface area contributed by atoms with Gasteiger partial charge in [0.05, 0.1) is 6.07 Å². The number of aryl methyl sites for hydroxylation is 1. The molecule has 1 aromatic carbocycles. The topological polar surface area (TPSA) is 39.1 Å². The van der Waals surface area contributed by atoms with Gasteiger partial charge in [0.25, 0.3) is 0 Å². The molecule has 1 unspecified atom stereocenters. The average molecular weight is 285 g/mol. The molecular formula is C18H27N3. The molecule has 0 amide bonds. The highest BCUT2D eigenvalue weighted by molar-refractivity contribution is 5.28. The third-order valence-electron chi connectivity index (χ3n) is 4.30. The summed E-state index contributed by atoms with van der Waals surface area (Å²) in [5.41, 5.74) is 2.40. The van der Waals surface area contributed by atoms with Crippen molar-refractivity contribution < 1.29 is 0 Å². The predicted molar refractivity (Wildman–Crippen MR) is 87.1 cm³/mol. The van der Waals surface area contributed by atoms with E-state index in [0.717, 1.165) is 24.9 Å². The van der Waals surface area contributed by atoms with Crippen LogP contribution in [0.25, 0.3) is 0 Å². The highest BCUT2D eigenvalue weighted by Gasteiger charge is 2.11. The predicted octanol–water partition coefficient (Wildman–Crippen LogP) is 3.28. The Morgan fingerprint density at radius 2 is 1.90 bits per heavy atom. The van der Waals surface area contributed by atoms with Gasteiger partial charge in [0.1, 0.15) is 6.04 Å². The highest BCUT2D eigenvalue weighted by Crippen LogP contribution is 2.14. The molecule has 1 saturated heterocycles. The number of nitriles is 1. The Balaban J connectivity index is 1.68. The number of benzene rings is 1. The molecule has 1 N–H and O–H groups in total. The fourth-order valence-electron chi connectivity index (χ4n) is 2.90. The van der Waals surface area contributed by atoms with Crippen molar-refractivity contribution in [3.05, 3.63) is 35.4 Å². The second kappa shape index (κ2) is 8.81. The van der Waals surface area contributed by atoms with Gasteiger partial charge in [0.2, 0.25) is 0 Å². The zero-order valence-corrected chi connectivity index (χ0v) is 13.1. The highest BCUT2D eigenvalue weighted by atomic mass is 15.1. The molecule has 1 aromatic rings. The van der Waals surface area contributed by atoms with E-state index in [0.29, 0.717) is 0 Å². The van der Waals surface area contributed by atoms with Gasteiger partial charge in [-0.15, -0.1) is 0 Å². The summed E-state index contributed by atoms with van der Waals surface area (Å²) in [4.78, 5) is 2.55. The van der Waals surface area contributed by atoms with Gasteiger partial charge >= 0.3 is 0 Å². The number of nitrogens with zero attached hydrogens (tertiary/aromatic N) is 2. The molecule has 1 atom stereocenters. The molecule has 3 nitrogen and oxygen atoms in total. The van der Waals surface area contributed by atoms with Crippen LogP contribution in [-0.4, -0.2) is 31.1 Å². The van der Waals surface area contributed by atoms with Crippen LogP contribution < -0.4 is 5.32 Å².